The lowest BCUT2D eigenvalue weighted by Gasteiger charge is -2.20. The van der Waals surface area contributed by atoms with Crippen LogP contribution in [0, 0.1) is 0 Å². The normalized spacial score (nSPS) is 19.1. The summed E-state index contributed by atoms with van der Waals surface area (Å²) in [5.41, 5.74) is 5.45. The molecule has 1 saturated heterocycles. The molecule has 0 aliphatic carbocycles. The topological polar surface area (TPSA) is 72.6 Å². The first-order valence-corrected chi connectivity index (χ1v) is 4.84. The molecule has 0 aromatic carbocycles. The van der Waals surface area contributed by atoms with Crippen molar-refractivity contribution in [1.29, 1.82) is 0 Å². The number of hydrogen-bond donors (Lipinski definition) is 1. The van der Waals surface area contributed by atoms with Crippen molar-refractivity contribution in [3.8, 4) is 0 Å². The Morgan fingerprint density at radius 1 is 1.43 bits per heavy atom. The predicted molar refractivity (Wildman–Crippen MR) is 50.4 cm³/mol. The summed E-state index contributed by atoms with van der Waals surface area (Å²) in [4.78, 5) is 23.7. The maximum absolute atomic E-state index is 11.2. The number of carbonyl (C=O) groups is 2. The number of hydrogen-bond acceptors (Lipinski definition) is 4. The summed E-state index contributed by atoms with van der Waals surface area (Å²) in [6.07, 6.45) is 0.413. The molecule has 5 heteroatoms. The molecule has 1 aliphatic heterocycles. The van der Waals surface area contributed by atoms with Gasteiger partial charge in [0.2, 0.25) is 11.8 Å². The molecule has 0 spiro atoms. The van der Waals surface area contributed by atoms with Crippen molar-refractivity contribution in [1.82, 2.24) is 4.90 Å². The van der Waals surface area contributed by atoms with Gasteiger partial charge in [-0.3, -0.25) is 14.5 Å². The van der Waals surface area contributed by atoms with Crippen LogP contribution in [-0.4, -0.2) is 42.5 Å². The van der Waals surface area contributed by atoms with Crippen LogP contribution < -0.4 is 5.73 Å². The van der Waals surface area contributed by atoms with E-state index in [1.54, 1.807) is 0 Å². The molecular weight excluding hydrogens is 184 g/mol. The number of nitrogens with zero attached hydrogens (tertiary/aromatic N) is 1. The van der Waals surface area contributed by atoms with Crippen molar-refractivity contribution in [2.45, 2.75) is 25.9 Å². The molecule has 0 aromatic rings. The van der Waals surface area contributed by atoms with E-state index in [1.165, 1.54) is 4.90 Å². The van der Waals surface area contributed by atoms with Crippen LogP contribution in [0.3, 0.4) is 0 Å². The number of imide groups is 1. The maximum atomic E-state index is 11.2. The Kier molecular flexibility index (Phi) is 4.03. The zero-order valence-electron chi connectivity index (χ0n) is 8.36. The highest BCUT2D eigenvalue weighted by Crippen LogP contribution is 2.12. The lowest BCUT2D eigenvalue weighted by molar-refractivity contribution is -0.140. The zero-order chi connectivity index (χ0) is 10.6. The van der Waals surface area contributed by atoms with E-state index >= 15 is 0 Å². The average Bonchev–Trinajstić information content (AvgIpc) is 2.48. The van der Waals surface area contributed by atoms with Gasteiger partial charge in [-0.05, 0) is 6.92 Å². The highest BCUT2D eigenvalue weighted by molar-refractivity contribution is 6.01. The first-order chi connectivity index (χ1) is 6.69. The number of likely N-dealkylation sites (tertiary alicyclic amines) is 1. The Bertz CT molecular complexity index is 214. The monoisotopic (exact) mass is 200 g/mol. The molecule has 1 rings (SSSR count). The van der Waals surface area contributed by atoms with Gasteiger partial charge in [0, 0.05) is 26.0 Å². The van der Waals surface area contributed by atoms with Gasteiger partial charge in [0.05, 0.1) is 12.6 Å². The second-order valence-corrected chi connectivity index (χ2v) is 3.21. The minimum atomic E-state index is -0.231. The molecule has 1 heterocycles. The molecule has 5 nitrogen and oxygen atoms in total. The fraction of sp³-hybridized carbons (Fsp3) is 0.778. The highest BCUT2D eigenvalue weighted by atomic mass is 16.5. The van der Waals surface area contributed by atoms with Crippen molar-refractivity contribution in [2.75, 3.05) is 19.7 Å². The zero-order valence-corrected chi connectivity index (χ0v) is 8.36. The lowest BCUT2D eigenvalue weighted by atomic mass is 10.3. The Labute approximate surface area is 83.2 Å². The summed E-state index contributed by atoms with van der Waals surface area (Å²) in [5.74, 6) is -0.235. The molecule has 1 fully saturated rings. The van der Waals surface area contributed by atoms with Crippen molar-refractivity contribution < 1.29 is 14.3 Å². The van der Waals surface area contributed by atoms with Gasteiger partial charge in [0.1, 0.15) is 0 Å². The molecular formula is C9H16N2O3. The number of ether oxygens (including phenoxy) is 1. The van der Waals surface area contributed by atoms with E-state index in [-0.39, 0.29) is 17.9 Å². The Morgan fingerprint density at radius 2 is 2.00 bits per heavy atom. The summed E-state index contributed by atoms with van der Waals surface area (Å²) < 4.78 is 5.28. The summed E-state index contributed by atoms with van der Waals surface area (Å²) >= 11 is 0. The van der Waals surface area contributed by atoms with Crippen LogP contribution in [-0.2, 0) is 14.3 Å². The van der Waals surface area contributed by atoms with Gasteiger partial charge < -0.3 is 10.5 Å². The van der Waals surface area contributed by atoms with Crippen LogP contribution in [0.25, 0.3) is 0 Å². The maximum Gasteiger partial charge on any atom is 0.229 e. The van der Waals surface area contributed by atoms with E-state index in [0.717, 1.165) is 0 Å². The highest BCUT2D eigenvalue weighted by Gasteiger charge is 2.30. The van der Waals surface area contributed by atoms with Crippen LogP contribution in [0.15, 0.2) is 0 Å². The van der Waals surface area contributed by atoms with Crippen molar-refractivity contribution in [2.24, 2.45) is 5.73 Å². The van der Waals surface area contributed by atoms with Gasteiger partial charge in [-0.25, -0.2) is 0 Å². The fourth-order valence-corrected chi connectivity index (χ4v) is 1.46. The Balaban J connectivity index is 2.48. The van der Waals surface area contributed by atoms with Gasteiger partial charge in [-0.1, -0.05) is 0 Å². The standard InChI is InChI=1S/C9H16N2O3/c1-2-14-7(5-10)6-11-8(12)3-4-9(11)13/h7H,2-6,10H2,1H3. The van der Waals surface area contributed by atoms with Gasteiger partial charge >= 0.3 is 0 Å². The molecule has 2 amide bonds. The average molecular weight is 200 g/mol. The summed E-state index contributed by atoms with van der Waals surface area (Å²) in [5, 5.41) is 0. The fourth-order valence-electron chi connectivity index (χ4n) is 1.46. The van der Waals surface area contributed by atoms with Gasteiger partial charge in [-0.2, -0.15) is 0 Å². The van der Waals surface area contributed by atoms with E-state index in [9.17, 15) is 9.59 Å². The molecule has 1 aliphatic rings. The van der Waals surface area contributed by atoms with E-state index in [0.29, 0.717) is 32.5 Å². The van der Waals surface area contributed by atoms with Gasteiger partial charge in [0.25, 0.3) is 0 Å². The number of rotatable bonds is 5. The molecule has 1 unspecified atom stereocenters. The minimum absolute atomic E-state index is 0.117. The Hall–Kier alpha value is -0.940. The van der Waals surface area contributed by atoms with Crippen molar-refractivity contribution in [3.05, 3.63) is 0 Å². The number of amides is 2. The largest absolute Gasteiger partial charge is 0.375 e. The molecule has 2 N–H and O–H groups in total. The van der Waals surface area contributed by atoms with Crippen molar-refractivity contribution in [3.63, 3.8) is 0 Å². The molecule has 0 radical (unpaired) electrons. The van der Waals surface area contributed by atoms with Gasteiger partial charge in [0.15, 0.2) is 0 Å². The van der Waals surface area contributed by atoms with Crippen molar-refractivity contribution >= 4 is 11.8 Å². The first-order valence-electron chi connectivity index (χ1n) is 4.84. The van der Waals surface area contributed by atoms with Crippen LogP contribution in [0.4, 0.5) is 0 Å². The Morgan fingerprint density at radius 3 is 2.43 bits per heavy atom. The van der Waals surface area contributed by atoms with E-state index in [2.05, 4.69) is 0 Å². The van der Waals surface area contributed by atoms with Crippen LogP contribution >= 0.6 is 0 Å². The molecule has 0 saturated carbocycles. The van der Waals surface area contributed by atoms with Gasteiger partial charge in [-0.15, -0.1) is 0 Å². The number of nitrogens with two attached hydrogens (primary N) is 1. The smallest absolute Gasteiger partial charge is 0.229 e. The van der Waals surface area contributed by atoms with Crippen LogP contribution in [0.5, 0.6) is 0 Å². The third kappa shape index (κ3) is 2.52. The SMILES string of the molecule is CCOC(CN)CN1C(=O)CCC1=O. The third-order valence-corrected chi connectivity index (χ3v) is 2.21. The predicted octanol–water partition coefficient (Wildman–Crippen LogP) is -0.501. The molecule has 1 atom stereocenters. The van der Waals surface area contributed by atoms with E-state index in [4.69, 9.17) is 10.5 Å². The number of carbonyl (C=O) groups excluding carboxylic acids is 2. The molecule has 0 bridgehead atoms. The quantitative estimate of drug-likeness (QED) is 0.607. The molecule has 14 heavy (non-hydrogen) atoms. The first kappa shape index (κ1) is 11.1. The second kappa shape index (κ2) is 5.07. The lowest BCUT2D eigenvalue weighted by Crippen LogP contribution is -2.41. The second-order valence-electron chi connectivity index (χ2n) is 3.21. The van der Waals surface area contributed by atoms with Crippen LogP contribution in [0.2, 0.25) is 0 Å². The minimum Gasteiger partial charge on any atom is -0.375 e. The van der Waals surface area contributed by atoms with Crippen LogP contribution in [0.1, 0.15) is 19.8 Å². The summed E-state index contributed by atoms with van der Waals surface area (Å²) in [7, 11) is 0. The van der Waals surface area contributed by atoms with E-state index < -0.39 is 0 Å². The summed E-state index contributed by atoms with van der Waals surface area (Å²) in [6, 6.07) is 0. The molecule has 0 aromatic heterocycles. The van der Waals surface area contributed by atoms with E-state index in [1.807, 2.05) is 6.92 Å². The summed E-state index contributed by atoms with van der Waals surface area (Å²) in [6.45, 7) is 3.02. The third-order valence-electron chi connectivity index (χ3n) is 2.21. The molecule has 80 valence electrons.